The van der Waals surface area contributed by atoms with Gasteiger partial charge in [0.1, 0.15) is 0 Å². The lowest BCUT2D eigenvalue weighted by atomic mass is 10.0. The third-order valence-electron chi connectivity index (χ3n) is 8.45. The van der Waals surface area contributed by atoms with Crippen molar-refractivity contribution in [3.8, 4) is 0 Å². The van der Waals surface area contributed by atoms with Gasteiger partial charge in [0.05, 0.1) is 26.2 Å². The molecular formula is C35H65NO6. The van der Waals surface area contributed by atoms with Gasteiger partial charge in [-0.05, 0) is 83.5 Å². The van der Waals surface area contributed by atoms with E-state index in [-0.39, 0.29) is 19.3 Å². The Balaban J connectivity index is 4.33. The van der Waals surface area contributed by atoms with Gasteiger partial charge in [-0.25, -0.2) is 0 Å². The van der Waals surface area contributed by atoms with Crippen LogP contribution in [0.25, 0.3) is 0 Å². The van der Waals surface area contributed by atoms with E-state index in [1.165, 1.54) is 96.3 Å². The number of quaternary nitrogens is 1. The summed E-state index contributed by atoms with van der Waals surface area (Å²) in [4.78, 5) is 32.9. The van der Waals surface area contributed by atoms with Crippen LogP contribution in [0.3, 0.4) is 0 Å². The van der Waals surface area contributed by atoms with Crippen LogP contribution in [-0.2, 0) is 14.4 Å². The minimum absolute atomic E-state index is 0.0641. The second-order valence-corrected chi connectivity index (χ2v) is 12.4. The molecule has 0 fully saturated rings. The number of nitrogens with zero attached hydrogens (tertiary/aromatic N) is 1. The Morgan fingerprint density at radius 2 is 0.833 bits per heavy atom. The van der Waals surface area contributed by atoms with Gasteiger partial charge in [-0.1, -0.05) is 83.3 Å². The van der Waals surface area contributed by atoms with Gasteiger partial charge >= 0.3 is 11.9 Å². The second kappa shape index (κ2) is 29.2. The summed E-state index contributed by atoms with van der Waals surface area (Å²) in [6.45, 7) is 5.86. The molecule has 2 N–H and O–H groups in total. The predicted molar refractivity (Wildman–Crippen MR) is 170 cm³/mol. The van der Waals surface area contributed by atoms with Crippen molar-refractivity contribution >= 4 is 17.9 Å². The molecule has 0 aromatic rings. The fourth-order valence-corrected chi connectivity index (χ4v) is 5.88. The quantitative estimate of drug-likeness (QED) is 0.0451. The third kappa shape index (κ3) is 28.2. The molecule has 0 rings (SSSR count). The molecule has 0 aromatic heterocycles. The number of unbranched alkanes of at least 4 members (excludes halogenated alkanes) is 17. The highest BCUT2D eigenvalue weighted by Crippen LogP contribution is 2.20. The van der Waals surface area contributed by atoms with Crippen LogP contribution < -0.4 is 5.11 Å². The maximum atomic E-state index is 11.0. The van der Waals surface area contributed by atoms with Crippen molar-refractivity contribution in [1.82, 2.24) is 0 Å². The molecule has 7 heteroatoms. The van der Waals surface area contributed by atoms with Crippen LogP contribution in [-0.4, -0.2) is 58.8 Å². The van der Waals surface area contributed by atoms with E-state index in [2.05, 4.69) is 19.1 Å². The molecule has 0 saturated carbocycles. The molecule has 0 aliphatic heterocycles. The van der Waals surface area contributed by atoms with Gasteiger partial charge in [0, 0.05) is 18.8 Å². The summed E-state index contributed by atoms with van der Waals surface area (Å²) in [7, 11) is 0. The lowest BCUT2D eigenvalue weighted by molar-refractivity contribution is -0.929. The molecule has 0 heterocycles. The largest absolute Gasteiger partial charge is 0.550 e. The topological polar surface area (TPSA) is 115 Å². The van der Waals surface area contributed by atoms with Crippen LogP contribution in [0.4, 0.5) is 0 Å². The molecule has 0 atom stereocenters. The van der Waals surface area contributed by atoms with Crippen molar-refractivity contribution in [2.45, 2.75) is 167 Å². The molecule has 0 unspecified atom stereocenters. The summed E-state index contributed by atoms with van der Waals surface area (Å²) < 4.78 is 0.848. The molecule has 0 amide bonds. The van der Waals surface area contributed by atoms with Crippen LogP contribution in [0.1, 0.15) is 167 Å². The molecule has 7 nitrogen and oxygen atoms in total. The molecular weight excluding hydrogens is 530 g/mol. The van der Waals surface area contributed by atoms with Gasteiger partial charge in [0.25, 0.3) is 0 Å². The van der Waals surface area contributed by atoms with Crippen LogP contribution in [0.15, 0.2) is 12.2 Å². The number of hydrogen-bond donors (Lipinski definition) is 2. The standard InChI is InChI=1S/C35H65NO6/c1-2-3-4-5-6-7-8-9-10-11-12-13-14-15-16-17-18-22-29-36(30-23-19-26-33(37)38,31-24-20-27-34(39)40)32-25-21-28-35(41)42/h6-7H,2-5,8-32H2,1H3,(H2-,37,38,39,40,41,42)/b7-6+. The fourth-order valence-electron chi connectivity index (χ4n) is 5.88. The van der Waals surface area contributed by atoms with Crippen molar-refractivity contribution in [3.63, 3.8) is 0 Å². The third-order valence-corrected chi connectivity index (χ3v) is 8.45. The maximum absolute atomic E-state index is 11.0. The van der Waals surface area contributed by atoms with E-state index in [1.54, 1.807) is 0 Å². The van der Waals surface area contributed by atoms with E-state index in [0.29, 0.717) is 19.3 Å². The minimum Gasteiger partial charge on any atom is -0.550 e. The van der Waals surface area contributed by atoms with E-state index in [1.807, 2.05) is 0 Å². The highest BCUT2D eigenvalue weighted by atomic mass is 16.4. The first-order chi connectivity index (χ1) is 20.3. The maximum Gasteiger partial charge on any atom is 0.303 e. The lowest BCUT2D eigenvalue weighted by Crippen LogP contribution is -2.51. The summed E-state index contributed by atoms with van der Waals surface area (Å²) in [6.07, 6.45) is 30.0. The van der Waals surface area contributed by atoms with Crippen molar-refractivity contribution in [1.29, 1.82) is 0 Å². The molecule has 0 saturated heterocycles. The van der Waals surface area contributed by atoms with Gasteiger partial charge in [0.2, 0.25) is 0 Å². The summed E-state index contributed by atoms with van der Waals surface area (Å²) in [6, 6.07) is 0. The van der Waals surface area contributed by atoms with Gasteiger partial charge < -0.3 is 24.6 Å². The van der Waals surface area contributed by atoms with Gasteiger partial charge in [-0.2, -0.15) is 0 Å². The van der Waals surface area contributed by atoms with Gasteiger partial charge in [-0.3, -0.25) is 9.59 Å². The minimum atomic E-state index is -1.02. The number of carboxylic acids is 3. The number of rotatable bonds is 33. The van der Waals surface area contributed by atoms with Crippen molar-refractivity contribution in [3.05, 3.63) is 12.2 Å². The Kier molecular flexibility index (Phi) is 27.9. The molecule has 0 spiro atoms. The van der Waals surface area contributed by atoms with E-state index in [0.717, 1.165) is 56.3 Å². The number of carbonyl (C=O) groups excluding carboxylic acids is 1. The monoisotopic (exact) mass is 595 g/mol. The molecule has 42 heavy (non-hydrogen) atoms. The lowest BCUT2D eigenvalue weighted by Gasteiger charge is -2.39. The zero-order chi connectivity index (χ0) is 31.2. The van der Waals surface area contributed by atoms with E-state index < -0.39 is 17.9 Å². The van der Waals surface area contributed by atoms with Crippen LogP contribution in [0.2, 0.25) is 0 Å². The first-order valence-electron chi connectivity index (χ1n) is 17.4. The van der Waals surface area contributed by atoms with Crippen LogP contribution in [0, 0.1) is 0 Å². The van der Waals surface area contributed by atoms with E-state index >= 15 is 0 Å². The van der Waals surface area contributed by atoms with Gasteiger partial charge in [0.15, 0.2) is 0 Å². The summed E-state index contributed by atoms with van der Waals surface area (Å²) >= 11 is 0. The van der Waals surface area contributed by atoms with E-state index in [4.69, 9.17) is 10.2 Å². The predicted octanol–water partition coefficient (Wildman–Crippen LogP) is 8.05. The Bertz CT molecular complexity index is 638. The number of allylic oxidation sites excluding steroid dienone is 2. The summed E-state index contributed by atoms with van der Waals surface area (Å²) in [5, 5.41) is 29.0. The molecule has 0 aliphatic carbocycles. The second-order valence-electron chi connectivity index (χ2n) is 12.4. The van der Waals surface area contributed by atoms with Crippen molar-refractivity contribution in [2.75, 3.05) is 26.2 Å². The number of carboxylic acid groups (broad SMARTS) is 3. The number of carbonyl (C=O) groups is 3. The first-order valence-corrected chi connectivity index (χ1v) is 17.4. The summed E-state index contributed by atoms with van der Waals surface area (Å²) in [5.74, 6) is -2.56. The van der Waals surface area contributed by atoms with Crippen molar-refractivity contribution in [2.24, 2.45) is 0 Å². The van der Waals surface area contributed by atoms with Crippen molar-refractivity contribution < 1.29 is 34.2 Å². The molecule has 246 valence electrons. The number of aliphatic carboxylic acids is 3. The van der Waals surface area contributed by atoms with E-state index in [9.17, 15) is 19.5 Å². The molecule has 0 aromatic carbocycles. The Hall–Kier alpha value is -1.89. The highest BCUT2D eigenvalue weighted by Gasteiger charge is 2.26. The first kappa shape index (κ1) is 40.1. The Morgan fingerprint density at radius 1 is 0.500 bits per heavy atom. The number of hydrogen-bond acceptors (Lipinski definition) is 4. The molecule has 0 radical (unpaired) electrons. The molecule has 0 aliphatic rings. The average Bonchev–Trinajstić information content (AvgIpc) is 2.94. The normalized spacial score (nSPS) is 11.8. The zero-order valence-electron chi connectivity index (χ0n) is 27.1. The zero-order valence-corrected chi connectivity index (χ0v) is 27.1. The Morgan fingerprint density at radius 3 is 1.21 bits per heavy atom. The van der Waals surface area contributed by atoms with Crippen LogP contribution in [0.5, 0.6) is 0 Å². The average molecular weight is 596 g/mol. The fraction of sp³-hybridized carbons (Fsp3) is 0.857. The SMILES string of the molecule is CCCCC/C=C/CCCCCCCCCCCCC[N+](CCCCC(=O)[O-])(CCCCC(=O)O)CCCCC(=O)O. The molecule has 0 bridgehead atoms. The Labute approximate surface area is 257 Å². The smallest absolute Gasteiger partial charge is 0.303 e. The van der Waals surface area contributed by atoms with Crippen LogP contribution >= 0.6 is 0 Å². The summed E-state index contributed by atoms with van der Waals surface area (Å²) in [5.41, 5.74) is 0. The highest BCUT2D eigenvalue weighted by molar-refractivity contribution is 5.66. The van der Waals surface area contributed by atoms with Gasteiger partial charge in [-0.15, -0.1) is 0 Å².